The summed E-state index contributed by atoms with van der Waals surface area (Å²) >= 11 is 0. The Labute approximate surface area is 319 Å². The second-order valence-corrected chi connectivity index (χ2v) is 13.9. The van der Waals surface area contributed by atoms with E-state index in [0.717, 1.165) is 38.8 Å². The van der Waals surface area contributed by atoms with Gasteiger partial charge in [-0.25, -0.2) is 14.6 Å². The Morgan fingerprint density at radius 3 is 2.46 bits per heavy atom. The highest BCUT2D eigenvalue weighted by molar-refractivity contribution is 5.95. The number of nitrogens with zero attached hydrogens (tertiary/aromatic N) is 2. The molecule has 14 nitrogen and oxygen atoms in total. The number of benzene rings is 3. The summed E-state index contributed by atoms with van der Waals surface area (Å²) in [5, 5.41) is 17.1. The highest BCUT2D eigenvalue weighted by Gasteiger charge is 2.45. The Morgan fingerprint density at radius 2 is 1.71 bits per heavy atom. The summed E-state index contributed by atoms with van der Waals surface area (Å²) in [6.07, 6.45) is 2.97. The fourth-order valence-corrected chi connectivity index (χ4v) is 7.98. The molecule has 0 fully saturated rings. The molecule has 3 aliphatic heterocycles. The molecule has 5 heterocycles. The van der Waals surface area contributed by atoms with Crippen LogP contribution in [0.2, 0.25) is 0 Å². The first-order valence-electron chi connectivity index (χ1n) is 18.3. The standard InChI is InChI=1S/C42H36N4O10/c1-2-42(51)32-15-34-38-29(18-46(34)39(48)31(32)20-53-40(42)49)27(28-14-35-36(56-22-55-35)16-33(28)45-38)12-7-13-52-21-44-37(47)17-43-41(50)54-19-30-25-10-5-3-8-23(25)24-9-4-6-11-26(24)30/h3-12,14-16,30,51H,2,13,17-22H2,1H3,(H,43,50)(H,44,47)/b12-7+/t42-/m0/s1. The second kappa shape index (κ2) is 14.0. The van der Waals surface area contributed by atoms with Crippen molar-refractivity contribution in [2.75, 3.05) is 33.3 Å². The first kappa shape index (κ1) is 35.2. The molecule has 1 atom stereocenters. The van der Waals surface area contributed by atoms with Gasteiger partial charge in [-0.3, -0.25) is 9.59 Å². The molecule has 3 N–H and O–H groups in total. The molecule has 284 valence electrons. The summed E-state index contributed by atoms with van der Waals surface area (Å²) in [5.74, 6) is -0.238. The molecule has 0 bridgehead atoms. The highest BCUT2D eigenvalue weighted by atomic mass is 16.7. The Bertz CT molecular complexity index is 2520. The van der Waals surface area contributed by atoms with E-state index < -0.39 is 23.6 Å². The fraction of sp³-hybridized carbons (Fsp3) is 0.262. The highest BCUT2D eigenvalue weighted by Crippen LogP contribution is 2.45. The minimum atomic E-state index is -1.95. The fourth-order valence-electron chi connectivity index (χ4n) is 7.98. The largest absolute Gasteiger partial charge is 0.458 e. The maximum Gasteiger partial charge on any atom is 0.407 e. The minimum absolute atomic E-state index is 0.0345. The molecular formula is C42H36N4O10. The monoisotopic (exact) mass is 756 g/mol. The quantitative estimate of drug-likeness (QED) is 0.102. The number of hydrogen-bond donors (Lipinski definition) is 3. The number of rotatable bonds is 10. The number of carbonyl (C=O) groups is 3. The van der Waals surface area contributed by atoms with Crippen LogP contribution in [0.3, 0.4) is 0 Å². The van der Waals surface area contributed by atoms with E-state index in [-0.39, 0.29) is 75.5 Å². The SMILES string of the molecule is CC[C@@]1(O)C(=O)OCc2c1cc1n(c2=O)Cc2c-1nc1cc3c(cc1c2/C=C/COCNC(=O)CNC(=O)OCC1c2ccccc2-c2ccccc21)OCO3. The van der Waals surface area contributed by atoms with E-state index in [0.29, 0.717) is 28.4 Å². The van der Waals surface area contributed by atoms with Crippen molar-refractivity contribution in [3.63, 3.8) is 0 Å². The van der Waals surface area contributed by atoms with Gasteiger partial charge in [-0.05, 0) is 46.4 Å². The summed E-state index contributed by atoms with van der Waals surface area (Å²) in [6, 6.07) is 21.4. The second-order valence-electron chi connectivity index (χ2n) is 13.9. The maximum absolute atomic E-state index is 13.8. The van der Waals surface area contributed by atoms with Crippen molar-refractivity contribution in [3.05, 3.63) is 117 Å². The molecule has 0 spiro atoms. The zero-order chi connectivity index (χ0) is 38.6. The zero-order valence-electron chi connectivity index (χ0n) is 30.3. The van der Waals surface area contributed by atoms with Gasteiger partial charge in [-0.1, -0.05) is 67.6 Å². The van der Waals surface area contributed by atoms with Gasteiger partial charge < -0.3 is 44.0 Å². The Morgan fingerprint density at radius 1 is 0.982 bits per heavy atom. The number of ether oxygens (including phenoxy) is 5. The number of hydrogen-bond acceptors (Lipinski definition) is 11. The molecule has 1 aliphatic carbocycles. The van der Waals surface area contributed by atoms with Crippen LogP contribution in [0, 0.1) is 0 Å². The van der Waals surface area contributed by atoms with E-state index >= 15 is 0 Å². The van der Waals surface area contributed by atoms with Crippen LogP contribution < -0.4 is 25.7 Å². The molecule has 5 aromatic rings. The molecule has 2 aromatic heterocycles. The van der Waals surface area contributed by atoms with E-state index in [4.69, 9.17) is 28.7 Å². The number of cyclic esters (lactones) is 1. The van der Waals surface area contributed by atoms with E-state index in [1.165, 1.54) is 0 Å². The van der Waals surface area contributed by atoms with Gasteiger partial charge in [0.1, 0.15) is 26.5 Å². The van der Waals surface area contributed by atoms with E-state index in [2.05, 4.69) is 22.8 Å². The average molecular weight is 757 g/mol. The van der Waals surface area contributed by atoms with Gasteiger partial charge in [-0.15, -0.1) is 0 Å². The summed E-state index contributed by atoms with van der Waals surface area (Å²) in [5.41, 5.74) is 5.72. The molecule has 14 heteroatoms. The lowest BCUT2D eigenvalue weighted by atomic mass is 9.86. The molecule has 56 heavy (non-hydrogen) atoms. The van der Waals surface area contributed by atoms with Gasteiger partial charge in [0.2, 0.25) is 12.7 Å². The van der Waals surface area contributed by atoms with Crippen LogP contribution in [0.15, 0.2) is 77.6 Å². The number of alkyl carbamates (subject to hydrolysis) is 1. The molecule has 0 saturated heterocycles. The van der Waals surface area contributed by atoms with Crippen molar-refractivity contribution >= 4 is 34.9 Å². The Hall–Kier alpha value is -6.51. The van der Waals surface area contributed by atoms with Crippen LogP contribution in [0.5, 0.6) is 11.5 Å². The molecular weight excluding hydrogens is 720 g/mol. The van der Waals surface area contributed by atoms with E-state index in [1.54, 1.807) is 29.7 Å². The molecule has 2 amide bonds. The molecule has 4 aliphatic rings. The summed E-state index contributed by atoms with van der Waals surface area (Å²) in [6.45, 7) is 1.55. The predicted octanol–water partition coefficient (Wildman–Crippen LogP) is 4.45. The lowest BCUT2D eigenvalue weighted by molar-refractivity contribution is -0.172. The lowest BCUT2D eigenvalue weighted by Crippen LogP contribution is -2.44. The third-order valence-electron chi connectivity index (χ3n) is 10.8. The number of aliphatic hydroxyl groups is 1. The number of carbonyl (C=O) groups excluding carboxylic acids is 3. The van der Waals surface area contributed by atoms with Gasteiger partial charge in [0.25, 0.3) is 5.56 Å². The third-order valence-corrected chi connectivity index (χ3v) is 10.8. The number of pyridine rings is 2. The van der Waals surface area contributed by atoms with Crippen LogP contribution in [0.4, 0.5) is 4.79 Å². The smallest absolute Gasteiger partial charge is 0.407 e. The van der Waals surface area contributed by atoms with E-state index in [9.17, 15) is 24.3 Å². The summed E-state index contributed by atoms with van der Waals surface area (Å²) in [7, 11) is 0. The molecule has 3 aromatic carbocycles. The van der Waals surface area contributed by atoms with E-state index in [1.807, 2.05) is 48.5 Å². The molecule has 0 unspecified atom stereocenters. The van der Waals surface area contributed by atoms with Crippen LogP contribution >= 0.6 is 0 Å². The van der Waals surface area contributed by atoms with Gasteiger partial charge in [0.05, 0.1) is 35.6 Å². The van der Waals surface area contributed by atoms with Crippen molar-refractivity contribution < 1.29 is 43.2 Å². The normalized spacial score (nSPS) is 17.2. The summed E-state index contributed by atoms with van der Waals surface area (Å²) in [4.78, 5) is 56.3. The molecule has 9 rings (SSSR count). The van der Waals surface area contributed by atoms with Crippen molar-refractivity contribution in [1.29, 1.82) is 0 Å². The number of fused-ring (bicyclic) bond motifs is 9. The molecule has 0 radical (unpaired) electrons. The molecule has 0 saturated carbocycles. The van der Waals surface area contributed by atoms with Gasteiger partial charge >= 0.3 is 12.1 Å². The van der Waals surface area contributed by atoms with Gasteiger partial charge in [-0.2, -0.15) is 0 Å². The number of aromatic nitrogens is 2. The Kier molecular flexibility index (Phi) is 8.78. The predicted molar refractivity (Wildman–Crippen MR) is 202 cm³/mol. The number of amides is 2. The van der Waals surface area contributed by atoms with Gasteiger partial charge in [0.15, 0.2) is 17.1 Å². The van der Waals surface area contributed by atoms with Crippen molar-refractivity contribution in [2.24, 2.45) is 0 Å². The van der Waals surface area contributed by atoms with Crippen LogP contribution in [-0.2, 0) is 42.6 Å². The first-order valence-corrected chi connectivity index (χ1v) is 18.3. The maximum atomic E-state index is 13.8. The summed E-state index contributed by atoms with van der Waals surface area (Å²) < 4.78 is 29.2. The topological polar surface area (TPSA) is 177 Å². The lowest BCUT2D eigenvalue weighted by Gasteiger charge is -2.31. The first-order chi connectivity index (χ1) is 27.2. The number of esters is 1. The van der Waals surface area contributed by atoms with Crippen molar-refractivity contribution in [2.45, 2.75) is 38.0 Å². The van der Waals surface area contributed by atoms with Crippen molar-refractivity contribution in [1.82, 2.24) is 20.2 Å². The Balaban J connectivity index is 0.847. The zero-order valence-corrected chi connectivity index (χ0v) is 30.3. The minimum Gasteiger partial charge on any atom is -0.458 e. The van der Waals surface area contributed by atoms with Crippen molar-refractivity contribution in [3.8, 4) is 34.0 Å². The number of nitrogens with one attached hydrogen (secondary N) is 2. The van der Waals surface area contributed by atoms with Gasteiger partial charge in [0, 0.05) is 28.5 Å². The van der Waals surface area contributed by atoms with Crippen LogP contribution in [0.1, 0.15) is 52.6 Å². The van der Waals surface area contributed by atoms with Crippen LogP contribution in [-0.4, -0.2) is 65.9 Å². The third kappa shape index (κ3) is 5.85. The average Bonchev–Trinajstić information content (AvgIpc) is 3.92. The van der Waals surface area contributed by atoms with Crippen LogP contribution in [0.25, 0.3) is 39.5 Å².